The maximum absolute atomic E-state index is 12.3. The number of hydrogen-bond acceptors (Lipinski definition) is 3. The van der Waals surface area contributed by atoms with Crippen LogP contribution in [0.25, 0.3) is 0 Å². The molecule has 3 heteroatoms. The van der Waals surface area contributed by atoms with Gasteiger partial charge in [-0.05, 0) is 49.3 Å². The van der Waals surface area contributed by atoms with Crippen LogP contribution in [-0.4, -0.2) is 25.8 Å². The van der Waals surface area contributed by atoms with Crippen LogP contribution in [0.3, 0.4) is 0 Å². The third kappa shape index (κ3) is 8.49. The van der Waals surface area contributed by atoms with Gasteiger partial charge < -0.3 is 9.47 Å². The number of esters is 1. The summed E-state index contributed by atoms with van der Waals surface area (Å²) in [6.45, 7) is 7.11. The normalized spacial score (nSPS) is 12.4. The summed E-state index contributed by atoms with van der Waals surface area (Å²) in [6, 6.07) is 7.80. The number of carbonyl (C=O) groups excluding carboxylic acids is 1. The number of ether oxygens (including phenoxy) is 2. The molecule has 136 valence electrons. The van der Waals surface area contributed by atoms with Gasteiger partial charge in [-0.25, -0.2) is 4.79 Å². The highest BCUT2D eigenvalue weighted by atomic mass is 16.6. The lowest BCUT2D eigenvalue weighted by Gasteiger charge is -2.17. The van der Waals surface area contributed by atoms with Crippen molar-refractivity contribution >= 4 is 5.97 Å². The van der Waals surface area contributed by atoms with Crippen LogP contribution < -0.4 is 0 Å². The molecule has 0 aliphatic rings. The van der Waals surface area contributed by atoms with Gasteiger partial charge in [-0.3, -0.25) is 0 Å². The topological polar surface area (TPSA) is 35.5 Å². The summed E-state index contributed by atoms with van der Waals surface area (Å²) in [7, 11) is 1.65. The quantitative estimate of drug-likeness (QED) is 0.378. The van der Waals surface area contributed by atoms with Crippen LogP contribution in [0.2, 0.25) is 0 Å². The van der Waals surface area contributed by atoms with Gasteiger partial charge in [0.15, 0.2) is 0 Å². The van der Waals surface area contributed by atoms with Gasteiger partial charge in [0.25, 0.3) is 0 Å². The second-order valence-electron chi connectivity index (χ2n) is 6.96. The van der Waals surface area contributed by atoms with Gasteiger partial charge in [-0.15, -0.1) is 0 Å². The molecule has 1 rings (SSSR count). The molecule has 1 aromatic carbocycles. The summed E-state index contributed by atoms with van der Waals surface area (Å²) < 4.78 is 10.8. The lowest BCUT2D eigenvalue weighted by molar-refractivity contribution is 0.00231. The van der Waals surface area contributed by atoms with Crippen LogP contribution in [0.15, 0.2) is 24.3 Å². The summed E-state index contributed by atoms with van der Waals surface area (Å²) in [5.74, 6) is 0.475. The molecule has 0 bridgehead atoms. The lowest BCUT2D eigenvalue weighted by atomic mass is 10.0. The largest absolute Gasteiger partial charge is 0.456 e. The minimum absolute atomic E-state index is 0.158. The Morgan fingerprint density at radius 3 is 2.29 bits per heavy atom. The number of unbranched alkanes of at least 4 members (excludes halogenated alkanes) is 2. The average molecular weight is 335 g/mol. The SMILES string of the molecule is CCCCc1ccc(C(=O)OC(CCCCC(C)C)COC)cc1. The van der Waals surface area contributed by atoms with Crippen molar-refractivity contribution in [2.45, 2.75) is 71.8 Å². The van der Waals surface area contributed by atoms with E-state index >= 15 is 0 Å². The van der Waals surface area contributed by atoms with E-state index in [1.165, 1.54) is 31.2 Å². The Balaban J connectivity index is 2.48. The van der Waals surface area contributed by atoms with E-state index in [-0.39, 0.29) is 12.1 Å². The Labute approximate surface area is 147 Å². The second-order valence-corrected chi connectivity index (χ2v) is 6.96. The van der Waals surface area contributed by atoms with Crippen molar-refractivity contribution in [3.8, 4) is 0 Å². The highest BCUT2D eigenvalue weighted by Gasteiger charge is 2.16. The third-order valence-corrected chi connectivity index (χ3v) is 4.19. The third-order valence-electron chi connectivity index (χ3n) is 4.19. The monoisotopic (exact) mass is 334 g/mol. The maximum atomic E-state index is 12.3. The standard InChI is InChI=1S/C21H34O3/c1-5-6-10-18-12-14-19(15-13-18)21(22)24-20(16-23-4)11-8-7-9-17(2)3/h12-15,17,20H,5-11,16H2,1-4H3. The lowest BCUT2D eigenvalue weighted by Crippen LogP contribution is -2.23. The molecule has 0 aliphatic heterocycles. The Bertz CT molecular complexity index is 451. The van der Waals surface area contributed by atoms with Crippen LogP contribution in [-0.2, 0) is 15.9 Å². The zero-order chi connectivity index (χ0) is 17.8. The molecule has 0 fully saturated rings. The van der Waals surface area contributed by atoms with E-state index in [1.807, 2.05) is 24.3 Å². The Kier molecular flexibility index (Phi) is 10.4. The van der Waals surface area contributed by atoms with E-state index in [9.17, 15) is 4.79 Å². The molecule has 0 heterocycles. The Morgan fingerprint density at radius 2 is 1.71 bits per heavy atom. The van der Waals surface area contributed by atoms with E-state index in [2.05, 4.69) is 20.8 Å². The van der Waals surface area contributed by atoms with Crippen molar-refractivity contribution in [2.75, 3.05) is 13.7 Å². The van der Waals surface area contributed by atoms with Gasteiger partial charge >= 0.3 is 5.97 Å². The molecular formula is C21H34O3. The molecule has 0 radical (unpaired) electrons. The van der Waals surface area contributed by atoms with Crippen LogP contribution in [0, 0.1) is 5.92 Å². The number of aryl methyl sites for hydroxylation is 1. The van der Waals surface area contributed by atoms with E-state index in [0.29, 0.717) is 12.2 Å². The van der Waals surface area contributed by atoms with Crippen molar-refractivity contribution in [3.05, 3.63) is 35.4 Å². The average Bonchev–Trinajstić information content (AvgIpc) is 2.57. The van der Waals surface area contributed by atoms with E-state index in [1.54, 1.807) is 7.11 Å². The zero-order valence-corrected chi connectivity index (χ0v) is 15.8. The first-order valence-electron chi connectivity index (χ1n) is 9.35. The van der Waals surface area contributed by atoms with Gasteiger partial charge in [-0.1, -0.05) is 52.2 Å². The number of carbonyl (C=O) groups is 1. The van der Waals surface area contributed by atoms with Crippen molar-refractivity contribution in [1.82, 2.24) is 0 Å². The summed E-state index contributed by atoms with van der Waals surface area (Å²) in [6.07, 6.45) is 7.57. The van der Waals surface area contributed by atoms with Gasteiger partial charge in [0.1, 0.15) is 6.10 Å². The maximum Gasteiger partial charge on any atom is 0.338 e. The molecule has 1 unspecified atom stereocenters. The molecule has 1 aromatic rings. The van der Waals surface area contributed by atoms with Gasteiger partial charge in [-0.2, -0.15) is 0 Å². The summed E-state index contributed by atoms with van der Waals surface area (Å²) in [5, 5.41) is 0. The number of hydrogen-bond donors (Lipinski definition) is 0. The summed E-state index contributed by atoms with van der Waals surface area (Å²) in [4.78, 5) is 12.3. The van der Waals surface area contributed by atoms with E-state index in [4.69, 9.17) is 9.47 Å². The molecule has 0 aromatic heterocycles. The van der Waals surface area contributed by atoms with Gasteiger partial charge in [0.2, 0.25) is 0 Å². The van der Waals surface area contributed by atoms with Crippen LogP contribution in [0.5, 0.6) is 0 Å². The van der Waals surface area contributed by atoms with Crippen LogP contribution in [0.1, 0.15) is 75.2 Å². The molecule has 0 N–H and O–H groups in total. The van der Waals surface area contributed by atoms with Crippen molar-refractivity contribution < 1.29 is 14.3 Å². The molecule has 0 saturated heterocycles. The first kappa shape index (κ1) is 20.7. The number of benzene rings is 1. The molecule has 0 aliphatic carbocycles. The van der Waals surface area contributed by atoms with E-state index < -0.39 is 0 Å². The molecule has 1 atom stereocenters. The fourth-order valence-electron chi connectivity index (χ4n) is 2.69. The molecule has 0 amide bonds. The fraction of sp³-hybridized carbons (Fsp3) is 0.667. The first-order valence-corrected chi connectivity index (χ1v) is 9.35. The van der Waals surface area contributed by atoms with Crippen LogP contribution >= 0.6 is 0 Å². The first-order chi connectivity index (χ1) is 11.6. The molecule has 3 nitrogen and oxygen atoms in total. The summed E-state index contributed by atoms with van der Waals surface area (Å²) in [5.41, 5.74) is 1.90. The minimum Gasteiger partial charge on any atom is -0.456 e. The second kappa shape index (κ2) is 12.1. The van der Waals surface area contributed by atoms with Crippen LogP contribution in [0.4, 0.5) is 0 Å². The van der Waals surface area contributed by atoms with E-state index in [0.717, 1.165) is 25.2 Å². The molecule has 0 spiro atoms. The van der Waals surface area contributed by atoms with Crippen molar-refractivity contribution in [1.29, 1.82) is 0 Å². The summed E-state index contributed by atoms with van der Waals surface area (Å²) >= 11 is 0. The van der Waals surface area contributed by atoms with Crippen molar-refractivity contribution in [2.24, 2.45) is 5.92 Å². The van der Waals surface area contributed by atoms with Gasteiger partial charge in [0, 0.05) is 7.11 Å². The highest BCUT2D eigenvalue weighted by molar-refractivity contribution is 5.89. The predicted molar refractivity (Wildman–Crippen MR) is 99.4 cm³/mol. The predicted octanol–water partition coefficient (Wildman–Crippen LogP) is 5.42. The smallest absolute Gasteiger partial charge is 0.338 e. The number of methoxy groups -OCH3 is 1. The highest BCUT2D eigenvalue weighted by Crippen LogP contribution is 2.14. The molecule has 24 heavy (non-hydrogen) atoms. The fourth-order valence-corrected chi connectivity index (χ4v) is 2.69. The molecule has 0 saturated carbocycles. The molecular weight excluding hydrogens is 300 g/mol. The minimum atomic E-state index is -0.247. The van der Waals surface area contributed by atoms with Crippen molar-refractivity contribution in [3.63, 3.8) is 0 Å². The Morgan fingerprint density at radius 1 is 1.04 bits per heavy atom. The zero-order valence-electron chi connectivity index (χ0n) is 15.8. The number of rotatable bonds is 12. The Hall–Kier alpha value is -1.35. The van der Waals surface area contributed by atoms with Gasteiger partial charge in [0.05, 0.1) is 12.2 Å².